The van der Waals surface area contributed by atoms with Gasteiger partial charge in [-0.05, 0) is 36.8 Å². The second-order valence-electron chi connectivity index (χ2n) is 5.85. The molecule has 1 heterocycles. The fourth-order valence-electron chi connectivity index (χ4n) is 2.65. The molecule has 1 aliphatic rings. The van der Waals surface area contributed by atoms with E-state index in [0.717, 1.165) is 5.56 Å². The molecule has 0 saturated heterocycles. The van der Waals surface area contributed by atoms with Gasteiger partial charge in [-0.3, -0.25) is 9.59 Å². The SMILES string of the molecule is CC(=O)N(CC(=O)Nc1cccc(C)c1)c1ccc2c(c1)OCCO2. The lowest BCUT2D eigenvalue weighted by Gasteiger charge is -2.24. The molecule has 2 aromatic carbocycles. The zero-order valence-electron chi connectivity index (χ0n) is 14.2. The van der Waals surface area contributed by atoms with E-state index >= 15 is 0 Å². The summed E-state index contributed by atoms with van der Waals surface area (Å²) >= 11 is 0. The van der Waals surface area contributed by atoms with E-state index in [1.807, 2.05) is 31.2 Å². The lowest BCUT2D eigenvalue weighted by atomic mass is 10.2. The zero-order valence-corrected chi connectivity index (χ0v) is 14.2. The highest BCUT2D eigenvalue weighted by Gasteiger charge is 2.19. The third-order valence-electron chi connectivity index (χ3n) is 3.82. The Bertz CT molecular complexity index is 804. The lowest BCUT2D eigenvalue weighted by molar-refractivity contribution is -0.120. The molecule has 0 fully saturated rings. The molecule has 0 atom stereocenters. The predicted molar refractivity (Wildman–Crippen MR) is 95.3 cm³/mol. The number of aryl methyl sites for hydroxylation is 1. The summed E-state index contributed by atoms with van der Waals surface area (Å²) in [4.78, 5) is 25.8. The van der Waals surface area contributed by atoms with Gasteiger partial charge in [0.1, 0.15) is 19.8 Å². The van der Waals surface area contributed by atoms with Crippen LogP contribution in [-0.4, -0.2) is 31.6 Å². The molecule has 2 aromatic rings. The number of fused-ring (bicyclic) bond motifs is 1. The molecule has 0 unspecified atom stereocenters. The molecule has 6 heteroatoms. The van der Waals surface area contributed by atoms with Crippen LogP contribution in [0.4, 0.5) is 11.4 Å². The number of benzene rings is 2. The van der Waals surface area contributed by atoms with Crippen LogP contribution in [0, 0.1) is 6.92 Å². The van der Waals surface area contributed by atoms with Gasteiger partial charge in [-0.1, -0.05) is 12.1 Å². The molecule has 1 N–H and O–H groups in total. The maximum atomic E-state index is 12.3. The summed E-state index contributed by atoms with van der Waals surface area (Å²) in [5.41, 5.74) is 2.35. The summed E-state index contributed by atoms with van der Waals surface area (Å²) in [6, 6.07) is 12.7. The Kier molecular flexibility index (Phi) is 4.88. The van der Waals surface area contributed by atoms with Gasteiger partial charge in [-0.25, -0.2) is 0 Å². The Balaban J connectivity index is 1.75. The summed E-state index contributed by atoms with van der Waals surface area (Å²) in [5.74, 6) is 0.726. The van der Waals surface area contributed by atoms with Crippen molar-refractivity contribution in [2.45, 2.75) is 13.8 Å². The monoisotopic (exact) mass is 340 g/mol. The summed E-state index contributed by atoms with van der Waals surface area (Å²) in [6.07, 6.45) is 0. The zero-order chi connectivity index (χ0) is 17.8. The molecule has 25 heavy (non-hydrogen) atoms. The first-order valence-corrected chi connectivity index (χ1v) is 8.07. The van der Waals surface area contributed by atoms with Crippen LogP contribution in [-0.2, 0) is 9.59 Å². The highest BCUT2D eigenvalue weighted by atomic mass is 16.6. The van der Waals surface area contributed by atoms with Crippen molar-refractivity contribution < 1.29 is 19.1 Å². The Morgan fingerprint density at radius 1 is 1.08 bits per heavy atom. The van der Waals surface area contributed by atoms with Crippen molar-refractivity contribution in [2.24, 2.45) is 0 Å². The van der Waals surface area contributed by atoms with Crippen LogP contribution in [0.3, 0.4) is 0 Å². The van der Waals surface area contributed by atoms with Crippen molar-refractivity contribution in [2.75, 3.05) is 30.0 Å². The smallest absolute Gasteiger partial charge is 0.244 e. The molecular weight excluding hydrogens is 320 g/mol. The van der Waals surface area contributed by atoms with Crippen molar-refractivity contribution in [3.63, 3.8) is 0 Å². The first-order valence-electron chi connectivity index (χ1n) is 8.07. The summed E-state index contributed by atoms with van der Waals surface area (Å²) in [6.45, 7) is 4.26. The summed E-state index contributed by atoms with van der Waals surface area (Å²) in [5, 5.41) is 2.81. The number of amides is 2. The van der Waals surface area contributed by atoms with E-state index in [9.17, 15) is 9.59 Å². The summed E-state index contributed by atoms with van der Waals surface area (Å²) < 4.78 is 11.0. The maximum absolute atomic E-state index is 12.3. The van der Waals surface area contributed by atoms with Crippen molar-refractivity contribution in [3.05, 3.63) is 48.0 Å². The van der Waals surface area contributed by atoms with Gasteiger partial charge in [0.05, 0.1) is 0 Å². The number of nitrogens with one attached hydrogen (secondary N) is 1. The average molecular weight is 340 g/mol. The van der Waals surface area contributed by atoms with E-state index < -0.39 is 0 Å². The molecule has 0 spiro atoms. The first-order chi connectivity index (χ1) is 12.0. The highest BCUT2D eigenvalue weighted by Crippen LogP contribution is 2.34. The number of carbonyl (C=O) groups excluding carboxylic acids is 2. The van der Waals surface area contributed by atoms with Crippen LogP contribution >= 0.6 is 0 Å². The minimum absolute atomic E-state index is 0.0804. The van der Waals surface area contributed by atoms with Crippen LogP contribution in [0.2, 0.25) is 0 Å². The van der Waals surface area contributed by atoms with E-state index in [4.69, 9.17) is 9.47 Å². The van der Waals surface area contributed by atoms with Gasteiger partial charge in [0, 0.05) is 24.4 Å². The normalized spacial score (nSPS) is 12.4. The maximum Gasteiger partial charge on any atom is 0.244 e. The van der Waals surface area contributed by atoms with E-state index in [1.165, 1.54) is 11.8 Å². The lowest BCUT2D eigenvalue weighted by Crippen LogP contribution is -2.36. The van der Waals surface area contributed by atoms with E-state index in [1.54, 1.807) is 18.2 Å². The van der Waals surface area contributed by atoms with Crippen LogP contribution in [0.25, 0.3) is 0 Å². The molecule has 2 amide bonds. The fraction of sp³-hybridized carbons (Fsp3) is 0.263. The molecule has 0 aromatic heterocycles. The minimum atomic E-state index is -0.268. The summed E-state index contributed by atoms with van der Waals surface area (Å²) in [7, 11) is 0. The second-order valence-corrected chi connectivity index (χ2v) is 5.85. The van der Waals surface area contributed by atoms with Crippen molar-refractivity contribution in [3.8, 4) is 11.5 Å². The quantitative estimate of drug-likeness (QED) is 0.929. The second kappa shape index (κ2) is 7.25. The third kappa shape index (κ3) is 4.09. The predicted octanol–water partition coefficient (Wildman–Crippen LogP) is 2.76. The van der Waals surface area contributed by atoms with Crippen LogP contribution in [0.1, 0.15) is 12.5 Å². The molecule has 130 valence electrons. The molecule has 3 rings (SSSR count). The number of hydrogen-bond acceptors (Lipinski definition) is 4. The van der Waals surface area contributed by atoms with Crippen molar-refractivity contribution in [1.82, 2.24) is 0 Å². The molecule has 1 aliphatic heterocycles. The van der Waals surface area contributed by atoms with Crippen molar-refractivity contribution in [1.29, 1.82) is 0 Å². The largest absolute Gasteiger partial charge is 0.486 e. The third-order valence-corrected chi connectivity index (χ3v) is 3.82. The highest BCUT2D eigenvalue weighted by molar-refractivity contribution is 6.02. The molecule has 0 saturated carbocycles. The van der Waals surface area contributed by atoms with Crippen LogP contribution in [0.15, 0.2) is 42.5 Å². The van der Waals surface area contributed by atoms with Gasteiger partial charge in [-0.15, -0.1) is 0 Å². The van der Waals surface area contributed by atoms with Gasteiger partial charge < -0.3 is 19.7 Å². The van der Waals surface area contributed by atoms with Gasteiger partial charge in [0.2, 0.25) is 11.8 Å². The Hall–Kier alpha value is -3.02. The Morgan fingerprint density at radius 2 is 1.84 bits per heavy atom. The van der Waals surface area contributed by atoms with E-state index in [0.29, 0.717) is 36.1 Å². The van der Waals surface area contributed by atoms with Crippen LogP contribution in [0.5, 0.6) is 11.5 Å². The molecule has 0 radical (unpaired) electrons. The number of rotatable bonds is 4. The fourth-order valence-corrected chi connectivity index (χ4v) is 2.65. The average Bonchev–Trinajstić information content (AvgIpc) is 2.59. The molecule has 0 aliphatic carbocycles. The van der Waals surface area contributed by atoms with Crippen molar-refractivity contribution >= 4 is 23.2 Å². The molecular formula is C19H20N2O4. The minimum Gasteiger partial charge on any atom is -0.486 e. The van der Waals surface area contributed by atoms with Gasteiger partial charge >= 0.3 is 0 Å². The molecule has 0 bridgehead atoms. The van der Waals surface area contributed by atoms with Crippen LogP contribution < -0.4 is 19.7 Å². The first kappa shape index (κ1) is 16.8. The van der Waals surface area contributed by atoms with Gasteiger partial charge in [0.15, 0.2) is 11.5 Å². The van der Waals surface area contributed by atoms with E-state index in [2.05, 4.69) is 5.32 Å². The number of anilines is 2. The number of nitrogens with zero attached hydrogens (tertiary/aromatic N) is 1. The number of ether oxygens (including phenoxy) is 2. The Labute approximate surface area is 146 Å². The topological polar surface area (TPSA) is 67.9 Å². The van der Waals surface area contributed by atoms with Gasteiger partial charge in [0.25, 0.3) is 0 Å². The molecule has 6 nitrogen and oxygen atoms in total. The Morgan fingerprint density at radius 3 is 2.56 bits per heavy atom. The van der Waals surface area contributed by atoms with Gasteiger partial charge in [-0.2, -0.15) is 0 Å². The number of hydrogen-bond donors (Lipinski definition) is 1. The number of carbonyl (C=O) groups is 2. The standard InChI is InChI=1S/C19H20N2O4/c1-13-4-3-5-15(10-13)20-19(23)12-21(14(2)22)16-6-7-17-18(11-16)25-9-8-24-17/h3-7,10-11H,8-9,12H2,1-2H3,(H,20,23). The van der Waals surface area contributed by atoms with E-state index in [-0.39, 0.29) is 18.4 Å².